The first-order valence-corrected chi connectivity index (χ1v) is 7.11. The van der Waals surface area contributed by atoms with Gasteiger partial charge in [0.25, 0.3) is 0 Å². The standard InChI is InChI=1S/C17H17N3O3/c1-11-14(5-7-16(21)22)17(19(2)18-11)20-9-8-12-10-13(23-3)4-6-15(12)20/h4-10H,1-3H3,(H,21,22)/b7-5+. The van der Waals surface area contributed by atoms with E-state index in [4.69, 9.17) is 9.84 Å². The minimum absolute atomic E-state index is 0.773. The van der Waals surface area contributed by atoms with E-state index in [-0.39, 0.29) is 0 Å². The van der Waals surface area contributed by atoms with Gasteiger partial charge in [-0.25, -0.2) is 4.79 Å². The van der Waals surface area contributed by atoms with Crippen molar-refractivity contribution in [1.29, 1.82) is 0 Å². The highest BCUT2D eigenvalue weighted by molar-refractivity contribution is 5.87. The van der Waals surface area contributed by atoms with Crippen LogP contribution in [-0.4, -0.2) is 32.5 Å². The molecular weight excluding hydrogens is 294 g/mol. The number of fused-ring (bicyclic) bond motifs is 1. The predicted octanol–water partition coefficient (Wildman–Crippen LogP) is 2.78. The number of benzene rings is 1. The fraction of sp³-hybridized carbons (Fsp3) is 0.176. The van der Waals surface area contributed by atoms with E-state index in [1.807, 2.05) is 49.0 Å². The van der Waals surface area contributed by atoms with E-state index in [2.05, 4.69) is 5.10 Å². The molecule has 23 heavy (non-hydrogen) atoms. The molecule has 0 atom stereocenters. The molecule has 0 fully saturated rings. The van der Waals surface area contributed by atoms with Gasteiger partial charge in [-0.15, -0.1) is 0 Å². The number of ether oxygens (including phenoxy) is 1. The second kappa shape index (κ2) is 5.64. The van der Waals surface area contributed by atoms with E-state index >= 15 is 0 Å². The maximum absolute atomic E-state index is 10.8. The first-order valence-electron chi connectivity index (χ1n) is 7.11. The first kappa shape index (κ1) is 14.9. The third-order valence-electron chi connectivity index (χ3n) is 3.76. The zero-order valence-corrected chi connectivity index (χ0v) is 13.1. The van der Waals surface area contributed by atoms with Gasteiger partial charge in [0.2, 0.25) is 0 Å². The first-order chi connectivity index (χ1) is 11.0. The number of carboxylic acid groups (broad SMARTS) is 1. The number of hydrogen-bond acceptors (Lipinski definition) is 3. The van der Waals surface area contributed by atoms with E-state index in [9.17, 15) is 4.79 Å². The number of carbonyl (C=O) groups is 1. The lowest BCUT2D eigenvalue weighted by Crippen LogP contribution is -2.03. The number of aryl methyl sites for hydroxylation is 2. The summed E-state index contributed by atoms with van der Waals surface area (Å²) in [6.45, 7) is 1.86. The molecule has 2 aromatic heterocycles. The SMILES string of the molecule is COc1ccc2c(ccn2-c2c(/C=C/C(=O)O)c(C)nn2C)c1. The van der Waals surface area contributed by atoms with Gasteiger partial charge in [-0.05, 0) is 37.3 Å². The molecule has 2 heterocycles. The average Bonchev–Trinajstić information content (AvgIpc) is 3.04. The average molecular weight is 311 g/mol. The number of hydrogen-bond donors (Lipinski definition) is 1. The van der Waals surface area contributed by atoms with E-state index in [1.165, 1.54) is 0 Å². The lowest BCUT2D eigenvalue weighted by atomic mass is 10.2. The molecule has 3 aromatic rings. The Morgan fingerprint density at radius 1 is 1.35 bits per heavy atom. The second-order valence-corrected chi connectivity index (χ2v) is 5.23. The number of nitrogens with zero attached hydrogens (tertiary/aromatic N) is 3. The quantitative estimate of drug-likeness (QED) is 0.752. The number of rotatable bonds is 4. The fourth-order valence-corrected chi connectivity index (χ4v) is 2.73. The molecule has 1 N–H and O–H groups in total. The highest BCUT2D eigenvalue weighted by Crippen LogP contribution is 2.27. The van der Waals surface area contributed by atoms with E-state index < -0.39 is 5.97 Å². The smallest absolute Gasteiger partial charge is 0.328 e. The molecule has 0 aliphatic carbocycles. The van der Waals surface area contributed by atoms with Gasteiger partial charge >= 0.3 is 5.97 Å². The van der Waals surface area contributed by atoms with Crippen molar-refractivity contribution in [2.24, 2.45) is 7.05 Å². The Kier molecular flexibility index (Phi) is 3.65. The molecule has 0 radical (unpaired) electrons. The van der Waals surface area contributed by atoms with Crippen LogP contribution in [0.25, 0.3) is 22.8 Å². The highest BCUT2D eigenvalue weighted by Gasteiger charge is 2.15. The van der Waals surface area contributed by atoms with Crippen molar-refractivity contribution in [3.05, 3.63) is 47.8 Å². The van der Waals surface area contributed by atoms with E-state index in [0.29, 0.717) is 0 Å². The summed E-state index contributed by atoms with van der Waals surface area (Å²) in [7, 11) is 3.48. The van der Waals surface area contributed by atoms with E-state index in [1.54, 1.807) is 17.9 Å². The Balaban J connectivity index is 2.21. The second-order valence-electron chi connectivity index (χ2n) is 5.23. The molecule has 6 nitrogen and oxygen atoms in total. The van der Waals surface area contributed by atoms with E-state index in [0.717, 1.165) is 39.8 Å². The summed E-state index contributed by atoms with van der Waals surface area (Å²) in [6, 6.07) is 7.82. The molecule has 0 aliphatic rings. The van der Waals surface area contributed by atoms with Crippen LogP contribution in [0.15, 0.2) is 36.5 Å². The summed E-state index contributed by atoms with van der Waals surface area (Å²) in [5.74, 6) is 0.629. The van der Waals surface area contributed by atoms with Crippen molar-refractivity contribution >= 4 is 22.9 Å². The Morgan fingerprint density at radius 3 is 2.83 bits per heavy atom. The van der Waals surface area contributed by atoms with Crippen LogP contribution in [0.3, 0.4) is 0 Å². The van der Waals surface area contributed by atoms with Crippen molar-refractivity contribution in [2.75, 3.05) is 7.11 Å². The normalized spacial score (nSPS) is 11.4. The van der Waals surface area contributed by atoms with Gasteiger partial charge in [0.05, 0.1) is 18.3 Å². The Bertz CT molecular complexity index is 919. The van der Waals surface area contributed by atoms with Crippen LogP contribution in [0.4, 0.5) is 0 Å². The van der Waals surface area contributed by atoms with Gasteiger partial charge in [0.15, 0.2) is 0 Å². The minimum atomic E-state index is -0.985. The maximum atomic E-state index is 10.8. The molecule has 118 valence electrons. The third kappa shape index (κ3) is 2.59. The number of aliphatic carboxylic acids is 1. The summed E-state index contributed by atoms with van der Waals surface area (Å²) in [5, 5.41) is 14.3. The Hall–Kier alpha value is -3.02. The molecule has 6 heteroatoms. The van der Waals surface area contributed by atoms with Crippen LogP contribution in [0.1, 0.15) is 11.3 Å². The monoisotopic (exact) mass is 311 g/mol. The van der Waals surface area contributed by atoms with Crippen molar-refractivity contribution in [1.82, 2.24) is 14.3 Å². The van der Waals surface area contributed by atoms with Crippen molar-refractivity contribution < 1.29 is 14.6 Å². The molecule has 0 amide bonds. The number of methoxy groups -OCH3 is 1. The van der Waals surface area contributed by atoms with Crippen molar-refractivity contribution in [3.63, 3.8) is 0 Å². The maximum Gasteiger partial charge on any atom is 0.328 e. The third-order valence-corrected chi connectivity index (χ3v) is 3.76. The molecule has 0 unspecified atom stereocenters. The van der Waals surface area contributed by atoms with Gasteiger partial charge in [0.1, 0.15) is 11.6 Å². The van der Waals surface area contributed by atoms with Crippen LogP contribution >= 0.6 is 0 Å². The zero-order chi connectivity index (χ0) is 16.6. The van der Waals surface area contributed by atoms with Crippen molar-refractivity contribution in [3.8, 4) is 11.6 Å². The summed E-state index contributed by atoms with van der Waals surface area (Å²) >= 11 is 0. The molecule has 1 aromatic carbocycles. The molecule has 0 spiro atoms. The lowest BCUT2D eigenvalue weighted by molar-refractivity contribution is -0.131. The Labute approximate surface area is 133 Å². The van der Waals surface area contributed by atoms with Gasteiger partial charge < -0.3 is 14.4 Å². The zero-order valence-electron chi connectivity index (χ0n) is 13.1. The summed E-state index contributed by atoms with van der Waals surface area (Å²) in [6.07, 6.45) is 4.65. The molecule has 0 saturated heterocycles. The summed E-state index contributed by atoms with van der Waals surface area (Å²) in [4.78, 5) is 10.8. The number of carboxylic acids is 1. The topological polar surface area (TPSA) is 69.3 Å². The van der Waals surface area contributed by atoms with Crippen LogP contribution in [0.5, 0.6) is 5.75 Å². The van der Waals surface area contributed by atoms with Crippen LogP contribution in [0, 0.1) is 6.92 Å². The molecule has 0 saturated carbocycles. The highest BCUT2D eigenvalue weighted by atomic mass is 16.5. The minimum Gasteiger partial charge on any atom is -0.497 e. The summed E-state index contributed by atoms with van der Waals surface area (Å²) < 4.78 is 9.00. The molecular formula is C17H17N3O3. The lowest BCUT2D eigenvalue weighted by Gasteiger charge is -2.08. The van der Waals surface area contributed by atoms with Crippen LogP contribution in [-0.2, 0) is 11.8 Å². The van der Waals surface area contributed by atoms with Crippen LogP contribution in [0.2, 0.25) is 0 Å². The molecule has 0 aliphatic heterocycles. The van der Waals surface area contributed by atoms with Gasteiger partial charge in [-0.3, -0.25) is 4.68 Å². The Morgan fingerprint density at radius 2 is 2.13 bits per heavy atom. The largest absolute Gasteiger partial charge is 0.497 e. The van der Waals surface area contributed by atoms with Gasteiger partial charge in [-0.1, -0.05) is 0 Å². The van der Waals surface area contributed by atoms with Crippen LogP contribution < -0.4 is 4.74 Å². The fourth-order valence-electron chi connectivity index (χ4n) is 2.73. The van der Waals surface area contributed by atoms with Crippen molar-refractivity contribution in [2.45, 2.75) is 6.92 Å². The van der Waals surface area contributed by atoms with Gasteiger partial charge in [-0.2, -0.15) is 5.10 Å². The van der Waals surface area contributed by atoms with Gasteiger partial charge in [0, 0.05) is 30.3 Å². The predicted molar refractivity (Wildman–Crippen MR) is 88.0 cm³/mol. The number of aromatic nitrogens is 3. The summed E-state index contributed by atoms with van der Waals surface area (Å²) in [5.41, 5.74) is 2.55. The molecule has 3 rings (SSSR count). The molecule has 0 bridgehead atoms.